The third-order valence-electron chi connectivity index (χ3n) is 8.82. The fourth-order valence-electron chi connectivity index (χ4n) is 7.56. The highest BCUT2D eigenvalue weighted by Gasteiger charge is 2.59. The summed E-state index contributed by atoms with van der Waals surface area (Å²) in [5.74, 6) is 4.14. The van der Waals surface area contributed by atoms with Crippen molar-refractivity contribution in [1.82, 2.24) is 0 Å². The Hall–Kier alpha value is -0.330. The first-order valence-corrected chi connectivity index (χ1v) is 10.5. The molecule has 0 spiro atoms. The molecule has 0 aromatic heterocycles. The lowest BCUT2D eigenvalue weighted by Crippen LogP contribution is -2.52. The second kappa shape index (κ2) is 6.52. The van der Waals surface area contributed by atoms with Gasteiger partial charge in [0.25, 0.3) is 0 Å². The Kier molecular flexibility index (Phi) is 4.96. The summed E-state index contributed by atoms with van der Waals surface area (Å²) in [7, 11) is 0. The highest BCUT2D eigenvalue weighted by atomic mass is 16.1. The number of aldehydes is 1. The average molecular weight is 319 g/mol. The summed E-state index contributed by atoms with van der Waals surface area (Å²) in [4.78, 5) is 11.5. The Balaban J connectivity index is 0.000000753. The maximum atomic E-state index is 11.5. The molecule has 4 aliphatic carbocycles. The largest absolute Gasteiger partial charge is 0.303 e. The lowest BCUT2D eigenvalue weighted by molar-refractivity contribution is -0.125. The van der Waals surface area contributed by atoms with E-state index in [9.17, 15) is 4.79 Å². The molecule has 4 unspecified atom stereocenters. The van der Waals surface area contributed by atoms with Gasteiger partial charge in [0.1, 0.15) is 6.29 Å². The zero-order chi connectivity index (χ0) is 16.7. The highest BCUT2D eigenvalue weighted by Crippen LogP contribution is 2.67. The molecule has 4 aliphatic rings. The first kappa shape index (κ1) is 17.5. The summed E-state index contributed by atoms with van der Waals surface area (Å²) in [5, 5.41) is 0. The van der Waals surface area contributed by atoms with Gasteiger partial charge in [0.2, 0.25) is 0 Å². The van der Waals surface area contributed by atoms with Gasteiger partial charge in [-0.2, -0.15) is 0 Å². The molecular weight excluding hydrogens is 280 g/mol. The third kappa shape index (κ3) is 2.52. The average Bonchev–Trinajstić information content (AvgIpc) is 2.92. The van der Waals surface area contributed by atoms with E-state index in [0.29, 0.717) is 16.7 Å². The maximum absolute atomic E-state index is 11.5. The summed E-state index contributed by atoms with van der Waals surface area (Å²) >= 11 is 0. The molecule has 7 atom stereocenters. The van der Waals surface area contributed by atoms with Gasteiger partial charge in [-0.25, -0.2) is 0 Å². The second-order valence-electron chi connectivity index (χ2n) is 9.27. The molecule has 0 heterocycles. The van der Waals surface area contributed by atoms with Crippen LogP contribution in [0.2, 0.25) is 0 Å². The number of rotatable bonds is 1. The molecule has 0 radical (unpaired) electrons. The van der Waals surface area contributed by atoms with Crippen molar-refractivity contribution in [2.75, 3.05) is 0 Å². The molecule has 0 aromatic rings. The number of carbonyl (C=O) groups excluding carboxylic acids is 1. The molecule has 0 saturated heterocycles. The van der Waals surface area contributed by atoms with Crippen molar-refractivity contribution in [2.45, 2.75) is 91.9 Å². The van der Waals surface area contributed by atoms with Crippen LogP contribution in [-0.2, 0) is 4.79 Å². The van der Waals surface area contributed by atoms with E-state index in [-0.39, 0.29) is 0 Å². The first-order valence-electron chi connectivity index (χ1n) is 10.5. The number of hydrogen-bond acceptors (Lipinski definition) is 1. The molecule has 4 rings (SSSR count). The van der Waals surface area contributed by atoms with E-state index in [1.165, 1.54) is 70.5 Å². The third-order valence-corrected chi connectivity index (χ3v) is 8.82. The first-order chi connectivity index (χ1) is 11.1. The minimum atomic E-state index is 0.348. The molecule has 132 valence electrons. The molecule has 1 nitrogen and oxygen atoms in total. The second-order valence-corrected chi connectivity index (χ2v) is 9.27. The van der Waals surface area contributed by atoms with Crippen LogP contribution in [0.5, 0.6) is 0 Å². The van der Waals surface area contributed by atoms with Gasteiger partial charge in [-0.3, -0.25) is 0 Å². The molecule has 23 heavy (non-hydrogen) atoms. The van der Waals surface area contributed by atoms with Gasteiger partial charge in [0, 0.05) is 5.92 Å². The quantitative estimate of drug-likeness (QED) is 0.521. The van der Waals surface area contributed by atoms with Crippen molar-refractivity contribution in [3.8, 4) is 0 Å². The van der Waals surface area contributed by atoms with Crippen molar-refractivity contribution in [1.29, 1.82) is 0 Å². The van der Waals surface area contributed by atoms with Crippen LogP contribution in [0, 0.1) is 40.4 Å². The smallest absolute Gasteiger partial charge is 0.123 e. The van der Waals surface area contributed by atoms with Crippen molar-refractivity contribution in [3.63, 3.8) is 0 Å². The van der Waals surface area contributed by atoms with Crippen LogP contribution in [0.3, 0.4) is 0 Å². The molecule has 0 bridgehead atoms. The zero-order valence-electron chi connectivity index (χ0n) is 15.9. The van der Waals surface area contributed by atoms with Gasteiger partial charge in [-0.05, 0) is 85.9 Å². The Bertz CT molecular complexity index is 430. The van der Waals surface area contributed by atoms with Gasteiger partial charge in [-0.1, -0.05) is 40.5 Å². The van der Waals surface area contributed by atoms with E-state index in [1.54, 1.807) is 0 Å². The van der Waals surface area contributed by atoms with Crippen molar-refractivity contribution >= 4 is 6.29 Å². The van der Waals surface area contributed by atoms with Gasteiger partial charge in [0.05, 0.1) is 0 Å². The van der Waals surface area contributed by atoms with Crippen LogP contribution in [0.1, 0.15) is 91.9 Å². The van der Waals surface area contributed by atoms with E-state index >= 15 is 0 Å². The predicted molar refractivity (Wildman–Crippen MR) is 97.2 cm³/mol. The molecule has 0 aliphatic heterocycles. The zero-order valence-corrected chi connectivity index (χ0v) is 15.9. The summed E-state index contributed by atoms with van der Waals surface area (Å²) < 4.78 is 0. The summed E-state index contributed by atoms with van der Waals surface area (Å²) in [6.07, 6.45) is 15.4. The van der Waals surface area contributed by atoms with Crippen LogP contribution < -0.4 is 0 Å². The SMILES string of the molecule is CC.C[C@]12CCCCC1CCC1C2CC[C@@]2(C)C1CC[C@@H]2C=O. The fourth-order valence-corrected chi connectivity index (χ4v) is 7.56. The van der Waals surface area contributed by atoms with E-state index < -0.39 is 0 Å². The fraction of sp³-hybridized carbons (Fsp3) is 0.955. The van der Waals surface area contributed by atoms with Crippen molar-refractivity contribution in [2.24, 2.45) is 40.4 Å². The van der Waals surface area contributed by atoms with Crippen LogP contribution in [-0.4, -0.2) is 6.29 Å². The van der Waals surface area contributed by atoms with E-state index in [2.05, 4.69) is 13.8 Å². The minimum Gasteiger partial charge on any atom is -0.303 e. The van der Waals surface area contributed by atoms with E-state index in [4.69, 9.17) is 0 Å². The van der Waals surface area contributed by atoms with Gasteiger partial charge in [0.15, 0.2) is 0 Å². The monoisotopic (exact) mass is 318 g/mol. The van der Waals surface area contributed by atoms with Gasteiger partial charge in [-0.15, -0.1) is 0 Å². The van der Waals surface area contributed by atoms with Crippen molar-refractivity contribution in [3.05, 3.63) is 0 Å². The molecule has 4 fully saturated rings. The molecular formula is C22H38O. The lowest BCUT2D eigenvalue weighted by Gasteiger charge is -2.60. The normalized spacial score (nSPS) is 51.6. The number of carbonyl (C=O) groups is 1. The molecule has 0 amide bonds. The van der Waals surface area contributed by atoms with Crippen LogP contribution in [0.25, 0.3) is 0 Å². The van der Waals surface area contributed by atoms with E-state index in [1.807, 2.05) is 13.8 Å². The number of fused-ring (bicyclic) bond motifs is 5. The lowest BCUT2D eigenvalue weighted by atomic mass is 9.45. The van der Waals surface area contributed by atoms with Crippen LogP contribution in [0.15, 0.2) is 0 Å². The molecule has 4 saturated carbocycles. The summed E-state index contributed by atoms with van der Waals surface area (Å²) in [5.41, 5.74) is 0.989. The predicted octanol–water partition coefficient (Wildman–Crippen LogP) is 6.26. The summed E-state index contributed by atoms with van der Waals surface area (Å²) in [6.45, 7) is 9.09. The Morgan fingerprint density at radius 2 is 1.52 bits per heavy atom. The molecule has 1 heteroatoms. The molecule has 0 aromatic carbocycles. The summed E-state index contributed by atoms with van der Waals surface area (Å²) in [6, 6.07) is 0. The van der Waals surface area contributed by atoms with Crippen LogP contribution >= 0.6 is 0 Å². The minimum absolute atomic E-state index is 0.348. The van der Waals surface area contributed by atoms with Gasteiger partial charge < -0.3 is 4.79 Å². The molecule has 0 N–H and O–H groups in total. The van der Waals surface area contributed by atoms with Gasteiger partial charge >= 0.3 is 0 Å². The Morgan fingerprint density at radius 3 is 2.26 bits per heavy atom. The topological polar surface area (TPSA) is 17.1 Å². The Labute approximate surface area is 144 Å². The number of hydrogen-bond donors (Lipinski definition) is 0. The highest BCUT2D eigenvalue weighted by molar-refractivity contribution is 5.56. The standard InChI is InChI=1S/C20H32O.C2H6/c1-19-11-4-3-5-14(19)6-8-16-17-9-7-15(13-21)20(17,2)12-10-18(16)19;1-2/h13-18H,3-12H2,1-2H3;1-2H3/t14?,15-,16?,17?,18?,19+,20-;/m1./s1. The van der Waals surface area contributed by atoms with Crippen LogP contribution in [0.4, 0.5) is 0 Å². The van der Waals surface area contributed by atoms with Crippen molar-refractivity contribution < 1.29 is 4.79 Å². The maximum Gasteiger partial charge on any atom is 0.123 e. The Morgan fingerprint density at radius 1 is 0.783 bits per heavy atom. The van der Waals surface area contributed by atoms with E-state index in [0.717, 1.165) is 23.7 Å².